The van der Waals surface area contributed by atoms with Gasteiger partial charge in [0.1, 0.15) is 0 Å². The first-order valence-electron chi connectivity index (χ1n) is 2.50. The zero-order valence-electron chi connectivity index (χ0n) is 4.78. The fraction of sp³-hybridized carbons (Fsp3) is 0.143. The minimum Gasteiger partial charge on any atom is -0.394 e. The van der Waals surface area contributed by atoms with E-state index in [0.29, 0.717) is 0 Å². The number of aliphatic hydroxyl groups is 1. The molecule has 1 rings (SSSR count). The predicted octanol–water partition coefficient (Wildman–Crippen LogP) is 0.977. The first-order chi connectivity index (χ1) is 3.93. The Morgan fingerprint density at radius 2 is 2.22 bits per heavy atom. The molecule has 0 aliphatic carbocycles. The third-order valence-electron chi connectivity index (χ3n) is 0.944. The first-order valence-corrected chi connectivity index (χ1v) is 2.50. The van der Waals surface area contributed by atoms with Crippen LogP contribution in [0.1, 0.15) is 5.56 Å². The molecule has 0 radical (unpaired) electrons. The van der Waals surface area contributed by atoms with Gasteiger partial charge in [0.2, 0.25) is 0 Å². The molecule has 0 saturated heterocycles. The van der Waals surface area contributed by atoms with Crippen molar-refractivity contribution in [2.24, 2.45) is 0 Å². The Morgan fingerprint density at radius 1 is 1.44 bits per heavy atom. The van der Waals surface area contributed by atoms with Gasteiger partial charge in [-0.1, -0.05) is 0 Å². The second-order valence-corrected chi connectivity index (χ2v) is 1.55. The maximum Gasteiger partial charge on any atom is 0.0457 e. The number of aliphatic hydroxyl groups excluding tert-OH is 1. The molecule has 1 aromatic rings. The Balaban J connectivity index is 0.000000640. The summed E-state index contributed by atoms with van der Waals surface area (Å²) >= 11 is 0. The molecular weight excluding hydrogens is 206 g/mol. The van der Waals surface area contributed by atoms with E-state index in [0.717, 1.165) is 5.56 Å². The van der Waals surface area contributed by atoms with E-state index in [1.54, 1.807) is 6.07 Å². The van der Waals surface area contributed by atoms with Crippen molar-refractivity contribution in [2.45, 2.75) is 6.61 Å². The monoisotopic (exact) mass is 213 g/mol. The van der Waals surface area contributed by atoms with Crippen molar-refractivity contribution in [3.63, 3.8) is 0 Å². The third-order valence-corrected chi connectivity index (χ3v) is 0.944. The van der Waals surface area contributed by atoms with E-state index in [9.17, 15) is 0 Å². The van der Waals surface area contributed by atoms with Crippen molar-refractivity contribution >= 4 is 0 Å². The minimum absolute atomic E-state index is 0. The minimum atomic E-state index is 0. The normalized spacial score (nSPS) is 8.11. The van der Waals surface area contributed by atoms with E-state index in [1.165, 1.54) is 0 Å². The van der Waals surface area contributed by atoms with Crippen molar-refractivity contribution in [2.75, 3.05) is 0 Å². The molecule has 0 fully saturated rings. The molecule has 0 aliphatic heterocycles. The Hall–Kier alpha value is -0.158. The molecule has 0 atom stereocenters. The van der Waals surface area contributed by atoms with Crippen LogP contribution in [0.3, 0.4) is 0 Å². The molecule has 0 amide bonds. The van der Waals surface area contributed by atoms with Gasteiger partial charge >= 0.3 is 0 Å². The SMILES string of the molecule is OCc1[c-]cccc1.[Pd]. The van der Waals surface area contributed by atoms with Crippen LogP contribution in [0.4, 0.5) is 0 Å². The largest absolute Gasteiger partial charge is 0.394 e. The van der Waals surface area contributed by atoms with Crippen LogP contribution in [-0.4, -0.2) is 5.11 Å². The zero-order chi connectivity index (χ0) is 5.82. The van der Waals surface area contributed by atoms with Gasteiger partial charge in [-0.05, 0) is 0 Å². The van der Waals surface area contributed by atoms with Crippen LogP contribution in [0.15, 0.2) is 24.3 Å². The molecule has 9 heavy (non-hydrogen) atoms. The molecule has 0 unspecified atom stereocenters. The number of hydrogen-bond donors (Lipinski definition) is 1. The van der Waals surface area contributed by atoms with Crippen molar-refractivity contribution in [3.05, 3.63) is 35.9 Å². The topological polar surface area (TPSA) is 20.2 Å². The van der Waals surface area contributed by atoms with E-state index in [1.807, 2.05) is 18.2 Å². The van der Waals surface area contributed by atoms with Crippen LogP contribution in [0, 0.1) is 6.07 Å². The summed E-state index contributed by atoms with van der Waals surface area (Å²) in [6.45, 7) is 0.0842. The molecule has 2 heteroatoms. The summed E-state index contributed by atoms with van der Waals surface area (Å²) in [5, 5.41) is 8.51. The van der Waals surface area contributed by atoms with Crippen molar-refractivity contribution in [1.82, 2.24) is 0 Å². The summed E-state index contributed by atoms with van der Waals surface area (Å²) in [6.07, 6.45) is 0. The fourth-order valence-electron chi connectivity index (χ4n) is 0.529. The quantitative estimate of drug-likeness (QED) is 0.545. The van der Waals surface area contributed by atoms with Gasteiger partial charge in [-0.3, -0.25) is 0 Å². The predicted molar refractivity (Wildman–Crippen MR) is 31.2 cm³/mol. The van der Waals surface area contributed by atoms with E-state index in [4.69, 9.17) is 5.11 Å². The maximum atomic E-state index is 8.51. The van der Waals surface area contributed by atoms with Crippen molar-refractivity contribution < 1.29 is 25.5 Å². The van der Waals surface area contributed by atoms with E-state index >= 15 is 0 Å². The molecule has 0 bridgehead atoms. The Kier molecular flexibility index (Phi) is 4.61. The van der Waals surface area contributed by atoms with Gasteiger partial charge in [0.25, 0.3) is 0 Å². The zero-order valence-corrected chi connectivity index (χ0v) is 6.33. The van der Waals surface area contributed by atoms with Gasteiger partial charge in [0.05, 0.1) is 0 Å². The van der Waals surface area contributed by atoms with Gasteiger partial charge in [-0.2, -0.15) is 30.3 Å². The average Bonchev–Trinajstić information content (AvgIpc) is 1.90. The summed E-state index contributed by atoms with van der Waals surface area (Å²) in [5.41, 5.74) is 0.840. The molecule has 1 N–H and O–H groups in total. The second-order valence-electron chi connectivity index (χ2n) is 1.55. The molecule has 1 nitrogen and oxygen atoms in total. The summed E-state index contributed by atoms with van der Waals surface area (Å²) in [6, 6.07) is 10.2. The van der Waals surface area contributed by atoms with Crippen LogP contribution in [-0.2, 0) is 27.0 Å². The van der Waals surface area contributed by atoms with Gasteiger partial charge in [0.15, 0.2) is 0 Å². The molecule has 0 saturated carbocycles. The molecule has 0 spiro atoms. The van der Waals surface area contributed by atoms with Crippen molar-refractivity contribution in [3.8, 4) is 0 Å². The maximum absolute atomic E-state index is 8.51. The first kappa shape index (κ1) is 8.84. The van der Waals surface area contributed by atoms with Gasteiger partial charge < -0.3 is 5.11 Å². The van der Waals surface area contributed by atoms with E-state index < -0.39 is 0 Å². The second kappa shape index (κ2) is 4.70. The molecule has 52 valence electrons. The van der Waals surface area contributed by atoms with Gasteiger partial charge in [-0.25, -0.2) is 0 Å². The molecule has 0 aromatic heterocycles. The fourth-order valence-corrected chi connectivity index (χ4v) is 0.529. The van der Waals surface area contributed by atoms with Crippen LogP contribution in [0.25, 0.3) is 0 Å². The summed E-state index contributed by atoms with van der Waals surface area (Å²) < 4.78 is 0. The summed E-state index contributed by atoms with van der Waals surface area (Å²) in [4.78, 5) is 0. The molecular formula is C7H7OPd-. The molecule has 1 aromatic carbocycles. The number of benzene rings is 1. The van der Waals surface area contributed by atoms with Gasteiger partial charge in [-0.15, -0.1) is 5.56 Å². The van der Waals surface area contributed by atoms with Crippen LogP contribution in [0.5, 0.6) is 0 Å². The van der Waals surface area contributed by atoms with Gasteiger partial charge in [0, 0.05) is 27.0 Å². The third kappa shape index (κ3) is 2.76. The number of hydrogen-bond acceptors (Lipinski definition) is 1. The van der Waals surface area contributed by atoms with E-state index in [2.05, 4.69) is 6.07 Å². The Labute approximate surface area is 68.4 Å². The average molecular weight is 214 g/mol. The number of rotatable bonds is 1. The smallest absolute Gasteiger partial charge is 0.0457 e. The van der Waals surface area contributed by atoms with E-state index in [-0.39, 0.29) is 27.0 Å². The molecule has 0 aliphatic rings. The standard InChI is InChI=1S/C7H7O.Pd/c8-6-7-4-2-1-3-5-7;/h1-4,8H,6H2;/q-1;. The Morgan fingerprint density at radius 3 is 2.56 bits per heavy atom. The summed E-state index contributed by atoms with van der Waals surface area (Å²) in [5.74, 6) is 0. The molecule has 0 heterocycles. The summed E-state index contributed by atoms with van der Waals surface area (Å²) in [7, 11) is 0. The Bertz CT molecular complexity index is 150. The van der Waals surface area contributed by atoms with Crippen LogP contribution in [0.2, 0.25) is 0 Å². The van der Waals surface area contributed by atoms with Crippen LogP contribution >= 0.6 is 0 Å². The van der Waals surface area contributed by atoms with Crippen molar-refractivity contribution in [1.29, 1.82) is 0 Å². The van der Waals surface area contributed by atoms with Crippen LogP contribution < -0.4 is 0 Å².